The van der Waals surface area contributed by atoms with Crippen LogP contribution in [0.1, 0.15) is 50.0 Å². The van der Waals surface area contributed by atoms with Crippen LogP contribution < -0.4 is 0 Å². The smallest absolute Gasteiger partial charge is 0.129 e. The van der Waals surface area contributed by atoms with E-state index in [1.54, 1.807) is 0 Å². The number of aliphatic hydroxyl groups excluding tert-OH is 1. The topological polar surface area (TPSA) is 36.6 Å². The minimum atomic E-state index is -0.00680. The van der Waals surface area contributed by atoms with E-state index in [4.69, 9.17) is 9.52 Å². The summed E-state index contributed by atoms with van der Waals surface area (Å²) in [4.78, 5) is 2.39. The summed E-state index contributed by atoms with van der Waals surface area (Å²) in [7, 11) is 2.18. The Labute approximate surface area is 103 Å². The van der Waals surface area contributed by atoms with Crippen molar-refractivity contribution in [1.82, 2.24) is 4.90 Å². The fourth-order valence-electron chi connectivity index (χ4n) is 2.67. The van der Waals surface area contributed by atoms with Gasteiger partial charge in [0.15, 0.2) is 0 Å². The standard InChI is InChI=1S/C14H23NO2/c1-15(12-6-4-2-3-5-7-12)10-13-8-9-14(11-16)17-13/h8-9,12,16H,2-7,10-11H2,1H3. The van der Waals surface area contributed by atoms with Gasteiger partial charge in [0.2, 0.25) is 0 Å². The Morgan fingerprint density at radius 2 is 1.82 bits per heavy atom. The number of hydrogen-bond donors (Lipinski definition) is 1. The van der Waals surface area contributed by atoms with Gasteiger partial charge in [0.25, 0.3) is 0 Å². The van der Waals surface area contributed by atoms with E-state index < -0.39 is 0 Å². The maximum atomic E-state index is 8.96. The molecule has 0 aliphatic heterocycles. The molecule has 1 aliphatic carbocycles. The summed E-state index contributed by atoms with van der Waals surface area (Å²) < 4.78 is 5.53. The molecule has 1 saturated carbocycles. The van der Waals surface area contributed by atoms with Crippen molar-refractivity contribution in [3.8, 4) is 0 Å². The molecule has 0 amide bonds. The van der Waals surface area contributed by atoms with Crippen LogP contribution in [0.5, 0.6) is 0 Å². The van der Waals surface area contributed by atoms with Gasteiger partial charge >= 0.3 is 0 Å². The van der Waals surface area contributed by atoms with E-state index in [9.17, 15) is 0 Å². The van der Waals surface area contributed by atoms with Crippen LogP contribution in [0.15, 0.2) is 16.5 Å². The van der Waals surface area contributed by atoms with Crippen molar-refractivity contribution in [2.75, 3.05) is 7.05 Å². The van der Waals surface area contributed by atoms with E-state index in [2.05, 4.69) is 11.9 Å². The summed E-state index contributed by atoms with van der Waals surface area (Å²) in [5.74, 6) is 1.62. The van der Waals surface area contributed by atoms with E-state index in [-0.39, 0.29) is 6.61 Å². The number of hydrogen-bond acceptors (Lipinski definition) is 3. The van der Waals surface area contributed by atoms with E-state index in [0.29, 0.717) is 11.8 Å². The van der Waals surface area contributed by atoms with Crippen molar-refractivity contribution in [1.29, 1.82) is 0 Å². The molecule has 1 N–H and O–H groups in total. The fraction of sp³-hybridized carbons (Fsp3) is 0.714. The Hall–Kier alpha value is -0.800. The molecular weight excluding hydrogens is 214 g/mol. The Morgan fingerprint density at radius 3 is 2.41 bits per heavy atom. The second-order valence-corrected chi connectivity index (χ2v) is 5.09. The molecule has 0 aromatic carbocycles. The number of aliphatic hydroxyl groups is 1. The van der Waals surface area contributed by atoms with Gasteiger partial charge in [-0.05, 0) is 32.0 Å². The third-order valence-corrected chi connectivity index (χ3v) is 3.73. The summed E-state index contributed by atoms with van der Waals surface area (Å²) in [6, 6.07) is 4.52. The molecule has 0 radical (unpaired) electrons. The number of rotatable bonds is 4. The van der Waals surface area contributed by atoms with Gasteiger partial charge in [0.05, 0.1) is 6.54 Å². The Bertz CT molecular complexity index is 327. The zero-order valence-corrected chi connectivity index (χ0v) is 10.7. The lowest BCUT2D eigenvalue weighted by atomic mass is 10.1. The molecule has 1 heterocycles. The third kappa shape index (κ3) is 3.58. The van der Waals surface area contributed by atoms with Crippen LogP contribution in [-0.2, 0) is 13.2 Å². The van der Waals surface area contributed by atoms with Gasteiger partial charge < -0.3 is 9.52 Å². The molecule has 0 atom stereocenters. The van der Waals surface area contributed by atoms with E-state index >= 15 is 0 Å². The van der Waals surface area contributed by atoms with Gasteiger partial charge in [0.1, 0.15) is 18.1 Å². The van der Waals surface area contributed by atoms with Crippen LogP contribution in [-0.4, -0.2) is 23.1 Å². The largest absolute Gasteiger partial charge is 0.462 e. The highest BCUT2D eigenvalue weighted by Gasteiger charge is 2.17. The molecule has 3 nitrogen and oxygen atoms in total. The lowest BCUT2D eigenvalue weighted by molar-refractivity contribution is 0.189. The van der Waals surface area contributed by atoms with Crippen molar-refractivity contribution in [3.05, 3.63) is 23.7 Å². The van der Waals surface area contributed by atoms with Gasteiger partial charge in [-0.2, -0.15) is 0 Å². The quantitative estimate of drug-likeness (QED) is 0.818. The maximum absolute atomic E-state index is 8.96. The predicted molar refractivity (Wildman–Crippen MR) is 67.6 cm³/mol. The molecule has 96 valence electrons. The minimum absolute atomic E-state index is 0.00680. The normalized spacial score (nSPS) is 18.5. The lowest BCUT2D eigenvalue weighted by Gasteiger charge is -2.26. The summed E-state index contributed by atoms with van der Waals surface area (Å²) in [5.41, 5.74) is 0. The Morgan fingerprint density at radius 1 is 1.18 bits per heavy atom. The molecule has 1 fully saturated rings. The van der Waals surface area contributed by atoms with Gasteiger partial charge in [-0.3, -0.25) is 4.90 Å². The predicted octanol–water partition coefficient (Wildman–Crippen LogP) is 2.93. The van der Waals surface area contributed by atoms with Crippen molar-refractivity contribution < 1.29 is 9.52 Å². The zero-order valence-electron chi connectivity index (χ0n) is 10.7. The molecule has 17 heavy (non-hydrogen) atoms. The van der Waals surface area contributed by atoms with Crippen LogP contribution in [0, 0.1) is 0 Å². The highest BCUT2D eigenvalue weighted by molar-refractivity contribution is 5.06. The minimum Gasteiger partial charge on any atom is -0.462 e. The van der Waals surface area contributed by atoms with Crippen molar-refractivity contribution >= 4 is 0 Å². The first-order chi connectivity index (χ1) is 8.29. The van der Waals surface area contributed by atoms with Gasteiger partial charge in [0, 0.05) is 6.04 Å². The zero-order chi connectivity index (χ0) is 12.1. The average Bonchev–Trinajstić information content (AvgIpc) is 2.62. The highest BCUT2D eigenvalue weighted by Crippen LogP contribution is 2.22. The van der Waals surface area contributed by atoms with Crippen LogP contribution in [0.2, 0.25) is 0 Å². The van der Waals surface area contributed by atoms with Crippen LogP contribution in [0.25, 0.3) is 0 Å². The first-order valence-electron chi connectivity index (χ1n) is 6.68. The SMILES string of the molecule is CN(Cc1ccc(CO)o1)C1CCCCCC1. The van der Waals surface area contributed by atoms with Crippen LogP contribution in [0.4, 0.5) is 0 Å². The maximum Gasteiger partial charge on any atom is 0.129 e. The number of furan rings is 1. The monoisotopic (exact) mass is 237 g/mol. The van der Waals surface area contributed by atoms with Crippen LogP contribution in [0.3, 0.4) is 0 Å². The van der Waals surface area contributed by atoms with Crippen LogP contribution >= 0.6 is 0 Å². The van der Waals surface area contributed by atoms with Gasteiger partial charge in [-0.1, -0.05) is 25.7 Å². The molecular formula is C14H23NO2. The molecule has 2 rings (SSSR count). The average molecular weight is 237 g/mol. The van der Waals surface area contributed by atoms with E-state index in [1.807, 2.05) is 12.1 Å². The first-order valence-corrected chi connectivity index (χ1v) is 6.68. The molecule has 1 aromatic heterocycles. The molecule has 0 saturated heterocycles. The second kappa shape index (κ2) is 6.22. The molecule has 1 aromatic rings. The molecule has 3 heteroatoms. The van der Waals surface area contributed by atoms with Crippen molar-refractivity contribution in [2.45, 2.75) is 57.7 Å². The summed E-state index contributed by atoms with van der Waals surface area (Å²) in [5, 5.41) is 8.96. The fourth-order valence-corrected chi connectivity index (χ4v) is 2.67. The molecule has 1 aliphatic rings. The summed E-state index contributed by atoms with van der Waals surface area (Å²) in [6.07, 6.45) is 8.11. The Kier molecular flexibility index (Phi) is 4.63. The van der Waals surface area contributed by atoms with Crippen molar-refractivity contribution in [2.24, 2.45) is 0 Å². The number of nitrogens with zero attached hydrogens (tertiary/aromatic N) is 1. The Balaban J connectivity index is 1.88. The van der Waals surface area contributed by atoms with E-state index in [0.717, 1.165) is 12.3 Å². The molecule has 0 bridgehead atoms. The summed E-state index contributed by atoms with van der Waals surface area (Å²) >= 11 is 0. The third-order valence-electron chi connectivity index (χ3n) is 3.73. The molecule has 0 spiro atoms. The summed E-state index contributed by atoms with van der Waals surface area (Å²) in [6.45, 7) is 0.845. The molecule has 0 unspecified atom stereocenters. The van der Waals surface area contributed by atoms with Gasteiger partial charge in [-0.15, -0.1) is 0 Å². The van der Waals surface area contributed by atoms with Gasteiger partial charge in [-0.25, -0.2) is 0 Å². The first kappa shape index (κ1) is 12.7. The second-order valence-electron chi connectivity index (χ2n) is 5.09. The lowest BCUT2D eigenvalue weighted by Crippen LogP contribution is -2.30. The van der Waals surface area contributed by atoms with E-state index in [1.165, 1.54) is 38.5 Å². The van der Waals surface area contributed by atoms with Crippen molar-refractivity contribution in [3.63, 3.8) is 0 Å². The highest BCUT2D eigenvalue weighted by atomic mass is 16.4.